The molecule has 2 aromatic carbocycles. The largest absolute Gasteiger partial charge is 0.510 e. The number of aliphatic hydroxyl groups is 1. The van der Waals surface area contributed by atoms with Gasteiger partial charge in [-0.25, -0.2) is 9.97 Å². The van der Waals surface area contributed by atoms with E-state index in [2.05, 4.69) is 15.0 Å². The fraction of sp³-hybridized carbons (Fsp3) is 0.182. The molecule has 0 fully saturated rings. The smallest absolute Gasteiger partial charge is 0.262 e. The summed E-state index contributed by atoms with van der Waals surface area (Å²) in [7, 11) is 1.56. The molecule has 0 atom stereocenters. The molecule has 0 unspecified atom stereocenters. The summed E-state index contributed by atoms with van der Waals surface area (Å²) in [5.74, 6) is 0.204. The molecule has 4 aromatic rings. The minimum Gasteiger partial charge on any atom is -0.510 e. The van der Waals surface area contributed by atoms with Gasteiger partial charge in [-0.1, -0.05) is 36.0 Å². The highest BCUT2D eigenvalue weighted by molar-refractivity contribution is 7.99. The third-order valence-electron chi connectivity index (χ3n) is 4.71. The minimum absolute atomic E-state index is 0.0512. The van der Waals surface area contributed by atoms with Crippen LogP contribution < -0.4 is 5.56 Å². The normalized spacial score (nSPS) is 12.1. The van der Waals surface area contributed by atoms with Crippen LogP contribution in [-0.4, -0.2) is 44.1 Å². The summed E-state index contributed by atoms with van der Waals surface area (Å²) in [5, 5.41) is 21.2. The summed E-state index contributed by atoms with van der Waals surface area (Å²) in [6.45, 7) is 0.673. The number of imidazole rings is 1. The molecule has 8 nitrogen and oxygen atoms in total. The van der Waals surface area contributed by atoms with E-state index in [1.165, 1.54) is 16.3 Å². The molecule has 0 spiro atoms. The number of para-hydroxylation sites is 3. The van der Waals surface area contributed by atoms with Gasteiger partial charge in [0.25, 0.3) is 5.56 Å². The molecule has 2 aromatic heterocycles. The highest BCUT2D eigenvalue weighted by Crippen LogP contribution is 2.24. The van der Waals surface area contributed by atoms with Crippen LogP contribution in [0.2, 0.25) is 0 Å². The maximum absolute atomic E-state index is 12.9. The van der Waals surface area contributed by atoms with E-state index < -0.39 is 0 Å². The fourth-order valence-corrected chi connectivity index (χ4v) is 4.07. The van der Waals surface area contributed by atoms with Crippen LogP contribution in [0.1, 0.15) is 5.82 Å². The predicted octanol–water partition coefficient (Wildman–Crippen LogP) is 3.50. The first-order valence-corrected chi connectivity index (χ1v) is 10.5. The average molecular weight is 433 g/mol. The van der Waals surface area contributed by atoms with Gasteiger partial charge in [-0.2, -0.15) is 5.26 Å². The van der Waals surface area contributed by atoms with Crippen molar-refractivity contribution in [3.63, 3.8) is 0 Å². The monoisotopic (exact) mass is 433 g/mol. The zero-order valence-corrected chi connectivity index (χ0v) is 17.5. The van der Waals surface area contributed by atoms with Crippen LogP contribution in [-0.2, 0) is 11.3 Å². The number of H-pyrrole nitrogens is 1. The zero-order chi connectivity index (χ0) is 21.8. The molecule has 9 heteroatoms. The van der Waals surface area contributed by atoms with Crippen molar-refractivity contribution >= 4 is 39.3 Å². The molecular formula is C22H19N5O3S. The fourth-order valence-electron chi connectivity index (χ4n) is 3.17. The van der Waals surface area contributed by atoms with Crippen molar-refractivity contribution in [2.75, 3.05) is 19.5 Å². The van der Waals surface area contributed by atoms with Crippen molar-refractivity contribution in [2.45, 2.75) is 11.7 Å². The Morgan fingerprint density at radius 3 is 2.68 bits per heavy atom. The number of aliphatic hydroxyl groups excluding tert-OH is 1. The van der Waals surface area contributed by atoms with Crippen LogP contribution in [0.4, 0.5) is 0 Å². The number of methoxy groups -OCH3 is 1. The Labute approximate surface area is 181 Å². The number of ether oxygens (including phenoxy) is 1. The standard InChI is InChI=1S/C22H19N5O3S/c1-30-11-10-27-21(29)14-6-2-3-7-16(14)26-22(27)31-13-19(28)15(12-23)20-24-17-8-4-5-9-18(17)25-20/h2-9,28H,10-11,13H2,1H3,(H,24,25)/b19-15+. The number of nitriles is 1. The zero-order valence-electron chi connectivity index (χ0n) is 16.7. The lowest BCUT2D eigenvalue weighted by atomic mass is 10.2. The Hall–Kier alpha value is -3.61. The minimum atomic E-state index is -0.175. The van der Waals surface area contributed by atoms with E-state index in [-0.39, 0.29) is 22.6 Å². The van der Waals surface area contributed by atoms with Crippen LogP contribution >= 0.6 is 11.8 Å². The number of fused-ring (bicyclic) bond motifs is 2. The van der Waals surface area contributed by atoms with Crippen LogP contribution in [0.15, 0.2) is 64.2 Å². The highest BCUT2D eigenvalue weighted by atomic mass is 32.2. The van der Waals surface area contributed by atoms with Crippen molar-refractivity contribution < 1.29 is 9.84 Å². The maximum atomic E-state index is 12.9. The summed E-state index contributed by atoms with van der Waals surface area (Å²) >= 11 is 1.18. The van der Waals surface area contributed by atoms with Gasteiger partial charge in [0, 0.05) is 7.11 Å². The summed E-state index contributed by atoms with van der Waals surface area (Å²) in [6, 6.07) is 16.5. The molecule has 2 N–H and O–H groups in total. The number of aromatic nitrogens is 4. The molecule has 0 aliphatic heterocycles. The molecule has 0 aliphatic rings. The number of nitrogens with one attached hydrogen (secondary N) is 1. The van der Waals surface area contributed by atoms with E-state index in [1.54, 1.807) is 25.3 Å². The molecular weight excluding hydrogens is 414 g/mol. The first-order chi connectivity index (χ1) is 15.1. The molecule has 156 valence electrons. The molecule has 2 heterocycles. The van der Waals surface area contributed by atoms with Gasteiger partial charge >= 0.3 is 0 Å². The quantitative estimate of drug-likeness (QED) is 0.198. The van der Waals surface area contributed by atoms with Crippen LogP contribution in [0.3, 0.4) is 0 Å². The van der Waals surface area contributed by atoms with Crippen molar-refractivity contribution in [1.82, 2.24) is 19.5 Å². The van der Waals surface area contributed by atoms with Crippen molar-refractivity contribution in [2.24, 2.45) is 0 Å². The van der Waals surface area contributed by atoms with E-state index >= 15 is 0 Å². The molecule has 0 amide bonds. The SMILES string of the molecule is COCCn1c(SC/C(O)=C(/C#N)c2nc3ccccc3[nH]2)nc2ccccc2c1=O. The highest BCUT2D eigenvalue weighted by Gasteiger charge is 2.16. The van der Waals surface area contributed by atoms with Gasteiger partial charge in [0.15, 0.2) is 11.0 Å². The van der Waals surface area contributed by atoms with E-state index in [9.17, 15) is 15.2 Å². The lowest BCUT2D eigenvalue weighted by molar-refractivity contribution is 0.183. The second-order valence-electron chi connectivity index (χ2n) is 6.69. The number of hydrogen-bond acceptors (Lipinski definition) is 7. The van der Waals surface area contributed by atoms with Crippen molar-refractivity contribution in [1.29, 1.82) is 5.26 Å². The maximum Gasteiger partial charge on any atom is 0.262 e. The van der Waals surface area contributed by atoms with Gasteiger partial charge in [0.05, 0.1) is 40.8 Å². The van der Waals surface area contributed by atoms with Gasteiger partial charge in [0.1, 0.15) is 17.4 Å². The number of aromatic amines is 1. The molecule has 0 bridgehead atoms. The van der Waals surface area contributed by atoms with Gasteiger partial charge < -0.3 is 14.8 Å². The summed E-state index contributed by atoms with van der Waals surface area (Å²) in [6.07, 6.45) is 0. The third kappa shape index (κ3) is 4.17. The Kier molecular flexibility index (Phi) is 6.02. The number of rotatable bonds is 7. The number of thioether (sulfide) groups is 1. The Morgan fingerprint density at radius 1 is 1.19 bits per heavy atom. The number of nitrogens with zero attached hydrogens (tertiary/aromatic N) is 4. The van der Waals surface area contributed by atoms with Gasteiger partial charge in [-0.3, -0.25) is 9.36 Å². The molecule has 31 heavy (non-hydrogen) atoms. The second kappa shape index (κ2) is 9.04. The van der Waals surface area contributed by atoms with Crippen LogP contribution in [0, 0.1) is 11.3 Å². The average Bonchev–Trinajstić information content (AvgIpc) is 3.21. The predicted molar refractivity (Wildman–Crippen MR) is 120 cm³/mol. The summed E-state index contributed by atoms with van der Waals surface area (Å²) in [4.78, 5) is 24.9. The summed E-state index contributed by atoms with van der Waals surface area (Å²) < 4.78 is 6.65. The van der Waals surface area contributed by atoms with Crippen LogP contribution in [0.25, 0.3) is 27.5 Å². The Bertz CT molecular complexity index is 1350. The van der Waals surface area contributed by atoms with Crippen molar-refractivity contribution in [3.8, 4) is 6.07 Å². The molecule has 4 rings (SSSR count). The van der Waals surface area contributed by atoms with Gasteiger partial charge in [-0.05, 0) is 24.3 Å². The number of benzene rings is 2. The lowest BCUT2D eigenvalue weighted by Gasteiger charge is -2.12. The molecule has 0 saturated heterocycles. The molecule has 0 radical (unpaired) electrons. The van der Waals surface area contributed by atoms with E-state index in [1.807, 2.05) is 36.4 Å². The Balaban J connectivity index is 1.68. The van der Waals surface area contributed by atoms with Gasteiger partial charge in [-0.15, -0.1) is 0 Å². The first kappa shape index (κ1) is 20.7. The lowest BCUT2D eigenvalue weighted by Crippen LogP contribution is -2.25. The third-order valence-corrected chi connectivity index (χ3v) is 5.70. The number of hydrogen-bond donors (Lipinski definition) is 2. The van der Waals surface area contributed by atoms with E-state index in [4.69, 9.17) is 4.74 Å². The van der Waals surface area contributed by atoms with Crippen molar-refractivity contribution in [3.05, 3.63) is 70.5 Å². The first-order valence-electron chi connectivity index (χ1n) is 9.51. The number of allylic oxidation sites excluding steroid dienone is 1. The second-order valence-corrected chi connectivity index (χ2v) is 7.63. The summed E-state index contributed by atoms with van der Waals surface area (Å²) in [5.41, 5.74) is 1.93. The molecule has 0 saturated carbocycles. The van der Waals surface area contributed by atoms with E-state index in [0.29, 0.717) is 40.6 Å². The molecule has 0 aliphatic carbocycles. The Morgan fingerprint density at radius 2 is 1.94 bits per heavy atom. The van der Waals surface area contributed by atoms with E-state index in [0.717, 1.165) is 5.52 Å². The van der Waals surface area contributed by atoms with Gasteiger partial charge in [0.2, 0.25) is 0 Å². The topological polar surface area (TPSA) is 117 Å². The van der Waals surface area contributed by atoms with Crippen LogP contribution in [0.5, 0.6) is 0 Å².